The van der Waals surface area contributed by atoms with Gasteiger partial charge in [0.15, 0.2) is 11.6 Å². The fourth-order valence-corrected chi connectivity index (χ4v) is 3.31. The normalized spacial score (nSPS) is 25.2. The highest BCUT2D eigenvalue weighted by Gasteiger charge is 2.39. The van der Waals surface area contributed by atoms with E-state index in [1.165, 1.54) is 6.07 Å². The molecule has 1 atom stereocenters. The van der Waals surface area contributed by atoms with Gasteiger partial charge in [-0.2, -0.15) is 0 Å². The van der Waals surface area contributed by atoms with Crippen molar-refractivity contribution >= 4 is 5.91 Å². The van der Waals surface area contributed by atoms with Crippen LogP contribution in [-0.2, 0) is 16.0 Å². The smallest absolute Gasteiger partial charge is 0.227 e. The number of aliphatic hydroxyl groups is 1. The number of nitrogens with zero attached hydrogens (tertiary/aromatic N) is 2. The summed E-state index contributed by atoms with van der Waals surface area (Å²) in [6.07, 6.45) is 0.526. The number of rotatable bonds is 4. The highest BCUT2D eigenvalue weighted by molar-refractivity contribution is 5.79. The van der Waals surface area contributed by atoms with Gasteiger partial charge in [-0.1, -0.05) is 6.07 Å². The molecule has 1 aromatic rings. The van der Waals surface area contributed by atoms with Gasteiger partial charge in [0, 0.05) is 26.2 Å². The summed E-state index contributed by atoms with van der Waals surface area (Å²) >= 11 is 0. The Kier molecular flexibility index (Phi) is 5.12. The van der Waals surface area contributed by atoms with Crippen LogP contribution in [0.25, 0.3) is 0 Å². The molecule has 24 heavy (non-hydrogen) atoms. The van der Waals surface area contributed by atoms with E-state index in [9.17, 15) is 18.7 Å². The van der Waals surface area contributed by atoms with Crippen molar-refractivity contribution in [2.45, 2.75) is 18.4 Å². The van der Waals surface area contributed by atoms with Crippen molar-refractivity contribution in [1.29, 1.82) is 0 Å². The van der Waals surface area contributed by atoms with Gasteiger partial charge in [0.1, 0.15) is 0 Å². The van der Waals surface area contributed by atoms with Crippen molar-refractivity contribution in [2.75, 3.05) is 45.9 Å². The molecular formula is C17H22F2N2O3. The number of carbonyl (C=O) groups excluding carboxylic acids is 1. The van der Waals surface area contributed by atoms with E-state index in [0.29, 0.717) is 38.3 Å². The van der Waals surface area contributed by atoms with E-state index < -0.39 is 17.2 Å². The topological polar surface area (TPSA) is 53.0 Å². The zero-order valence-electron chi connectivity index (χ0n) is 13.5. The summed E-state index contributed by atoms with van der Waals surface area (Å²) in [5.74, 6) is -2.06. The first kappa shape index (κ1) is 17.3. The lowest BCUT2D eigenvalue weighted by Crippen LogP contribution is -2.49. The zero-order valence-corrected chi connectivity index (χ0v) is 13.5. The van der Waals surface area contributed by atoms with Gasteiger partial charge in [-0.05, 0) is 24.1 Å². The van der Waals surface area contributed by atoms with Crippen LogP contribution >= 0.6 is 0 Å². The number of ether oxygens (including phenoxy) is 1. The molecule has 1 amide bonds. The Labute approximate surface area is 139 Å². The summed E-state index contributed by atoms with van der Waals surface area (Å²) in [6, 6.07) is 3.48. The van der Waals surface area contributed by atoms with Crippen LogP contribution in [-0.4, -0.2) is 72.4 Å². The molecule has 5 nitrogen and oxygen atoms in total. The molecule has 132 valence electrons. The Morgan fingerprint density at radius 2 is 1.96 bits per heavy atom. The molecule has 7 heteroatoms. The first-order chi connectivity index (χ1) is 11.5. The predicted octanol–water partition coefficient (Wildman–Crippen LogP) is 0.803. The van der Waals surface area contributed by atoms with Gasteiger partial charge in [-0.15, -0.1) is 0 Å². The van der Waals surface area contributed by atoms with Crippen molar-refractivity contribution in [3.63, 3.8) is 0 Å². The van der Waals surface area contributed by atoms with Gasteiger partial charge >= 0.3 is 0 Å². The summed E-state index contributed by atoms with van der Waals surface area (Å²) in [7, 11) is 0. The van der Waals surface area contributed by atoms with Gasteiger partial charge in [0.25, 0.3) is 0 Å². The van der Waals surface area contributed by atoms with E-state index >= 15 is 0 Å². The fraction of sp³-hybridized carbons (Fsp3) is 0.588. The van der Waals surface area contributed by atoms with Crippen molar-refractivity contribution in [2.24, 2.45) is 0 Å². The Morgan fingerprint density at radius 1 is 1.21 bits per heavy atom. The predicted molar refractivity (Wildman–Crippen MR) is 83.5 cm³/mol. The molecule has 0 radical (unpaired) electrons. The minimum Gasteiger partial charge on any atom is -0.387 e. The summed E-state index contributed by atoms with van der Waals surface area (Å²) < 4.78 is 31.5. The summed E-state index contributed by atoms with van der Waals surface area (Å²) in [4.78, 5) is 16.1. The Morgan fingerprint density at radius 3 is 2.67 bits per heavy atom. The molecule has 2 aliphatic rings. The first-order valence-electron chi connectivity index (χ1n) is 8.19. The number of likely N-dealkylation sites (tertiary alicyclic amines) is 1. The number of carbonyl (C=O) groups is 1. The Bertz CT molecular complexity index is 607. The number of halogens is 2. The monoisotopic (exact) mass is 340 g/mol. The second-order valence-electron chi connectivity index (χ2n) is 6.60. The highest BCUT2D eigenvalue weighted by Crippen LogP contribution is 2.24. The third-order valence-corrected chi connectivity index (χ3v) is 4.65. The van der Waals surface area contributed by atoms with Crippen LogP contribution in [0, 0.1) is 11.6 Å². The molecule has 0 aliphatic carbocycles. The maximum atomic E-state index is 13.2. The largest absolute Gasteiger partial charge is 0.387 e. The van der Waals surface area contributed by atoms with Crippen LogP contribution in [0.15, 0.2) is 18.2 Å². The molecule has 2 saturated heterocycles. The van der Waals surface area contributed by atoms with Crippen molar-refractivity contribution in [3.05, 3.63) is 35.4 Å². The van der Waals surface area contributed by atoms with E-state index in [2.05, 4.69) is 4.90 Å². The number of morpholine rings is 1. The van der Waals surface area contributed by atoms with E-state index in [1.54, 1.807) is 4.90 Å². The average molecular weight is 340 g/mol. The summed E-state index contributed by atoms with van der Waals surface area (Å²) in [6.45, 7) is 4.15. The number of amides is 1. The van der Waals surface area contributed by atoms with Gasteiger partial charge in [0.05, 0.1) is 31.8 Å². The lowest BCUT2D eigenvalue weighted by Gasteiger charge is -2.33. The van der Waals surface area contributed by atoms with Crippen LogP contribution in [0.3, 0.4) is 0 Å². The van der Waals surface area contributed by atoms with Crippen LogP contribution in [0.1, 0.15) is 12.0 Å². The molecule has 1 N–H and O–H groups in total. The minimum absolute atomic E-state index is 0.00480. The number of benzene rings is 1. The quantitative estimate of drug-likeness (QED) is 0.881. The third kappa shape index (κ3) is 4.09. The molecule has 1 aromatic carbocycles. The second-order valence-corrected chi connectivity index (χ2v) is 6.60. The Balaban J connectivity index is 1.55. The van der Waals surface area contributed by atoms with E-state index in [0.717, 1.165) is 25.2 Å². The molecule has 0 spiro atoms. The fourth-order valence-electron chi connectivity index (χ4n) is 3.31. The molecule has 0 bridgehead atoms. The molecule has 2 fully saturated rings. The minimum atomic E-state index is -0.953. The van der Waals surface area contributed by atoms with E-state index in [1.807, 2.05) is 0 Å². The molecule has 0 aromatic heterocycles. The van der Waals surface area contributed by atoms with Crippen LogP contribution in [0.4, 0.5) is 8.78 Å². The van der Waals surface area contributed by atoms with Crippen LogP contribution in [0.5, 0.6) is 0 Å². The van der Waals surface area contributed by atoms with Crippen molar-refractivity contribution in [1.82, 2.24) is 9.80 Å². The zero-order chi connectivity index (χ0) is 17.2. The SMILES string of the molecule is O=C(Cc1ccc(F)c(F)c1)N1CCC(O)(CN2CCOCC2)C1. The van der Waals surface area contributed by atoms with Gasteiger partial charge < -0.3 is 14.7 Å². The van der Waals surface area contributed by atoms with E-state index in [-0.39, 0.29) is 18.9 Å². The maximum Gasteiger partial charge on any atom is 0.227 e. The average Bonchev–Trinajstić information content (AvgIpc) is 2.94. The summed E-state index contributed by atoms with van der Waals surface area (Å²) in [5.41, 5.74) is -0.483. The third-order valence-electron chi connectivity index (χ3n) is 4.65. The summed E-state index contributed by atoms with van der Waals surface area (Å²) in [5, 5.41) is 10.7. The van der Waals surface area contributed by atoms with Crippen LogP contribution in [0.2, 0.25) is 0 Å². The van der Waals surface area contributed by atoms with Gasteiger partial charge in [-0.3, -0.25) is 9.69 Å². The molecule has 1 unspecified atom stereocenters. The van der Waals surface area contributed by atoms with E-state index in [4.69, 9.17) is 4.74 Å². The lowest BCUT2D eigenvalue weighted by atomic mass is 10.0. The highest BCUT2D eigenvalue weighted by atomic mass is 19.2. The lowest BCUT2D eigenvalue weighted by molar-refractivity contribution is -0.130. The molecule has 0 saturated carbocycles. The van der Waals surface area contributed by atoms with Crippen LogP contribution < -0.4 is 0 Å². The van der Waals surface area contributed by atoms with Gasteiger partial charge in [-0.25, -0.2) is 8.78 Å². The number of hydrogen-bond donors (Lipinski definition) is 1. The first-order valence-corrected chi connectivity index (χ1v) is 8.19. The maximum absolute atomic E-state index is 13.2. The van der Waals surface area contributed by atoms with Gasteiger partial charge in [0.2, 0.25) is 5.91 Å². The molecular weight excluding hydrogens is 318 g/mol. The second kappa shape index (κ2) is 7.13. The van der Waals surface area contributed by atoms with Crippen molar-refractivity contribution in [3.8, 4) is 0 Å². The standard InChI is InChI=1S/C17H22F2N2O3/c18-14-2-1-13(9-15(14)19)10-16(22)21-4-3-17(23,12-21)11-20-5-7-24-8-6-20/h1-2,9,23H,3-8,10-12H2. The van der Waals surface area contributed by atoms with Crippen molar-refractivity contribution < 1.29 is 23.4 Å². The molecule has 2 aliphatic heterocycles. The molecule has 3 rings (SSSR count). The molecule has 2 heterocycles. The number of β-amino-alcohol motifs (C(OH)–C–C–N with tert-alkyl or cyclic N) is 1. The number of hydrogen-bond acceptors (Lipinski definition) is 4. The Hall–Kier alpha value is -1.57.